The fourth-order valence-corrected chi connectivity index (χ4v) is 4.40. The number of halogens is 3. The van der Waals surface area contributed by atoms with E-state index in [1.165, 1.54) is 17.1 Å². The Bertz CT molecular complexity index is 1410. The lowest BCUT2D eigenvalue weighted by atomic mass is 9.97. The number of nitrogen functional groups attached to an aromatic ring is 2. The van der Waals surface area contributed by atoms with Gasteiger partial charge >= 0.3 is 0 Å². The first kappa shape index (κ1) is 22.0. The Morgan fingerprint density at radius 3 is 2.68 bits per heavy atom. The number of aromatic nitrogens is 4. The highest BCUT2D eigenvalue weighted by molar-refractivity contribution is 5.98. The molecule has 0 spiro atoms. The highest BCUT2D eigenvalue weighted by atomic mass is 19.3. The van der Waals surface area contributed by atoms with Gasteiger partial charge in [-0.2, -0.15) is 5.10 Å². The Kier molecular flexibility index (Phi) is 5.11. The smallest absolute Gasteiger partial charge is 0.267 e. The van der Waals surface area contributed by atoms with Gasteiger partial charge in [0.05, 0.1) is 17.6 Å². The summed E-state index contributed by atoms with van der Waals surface area (Å²) in [7, 11) is 0. The zero-order valence-electron chi connectivity index (χ0n) is 18.7. The monoisotopic (exact) mass is 467 g/mol. The molecule has 5 rings (SSSR count). The van der Waals surface area contributed by atoms with Crippen molar-refractivity contribution in [3.8, 4) is 11.1 Å². The predicted octanol–water partition coefficient (Wildman–Crippen LogP) is 5.38. The molecule has 4 aromatic rings. The van der Waals surface area contributed by atoms with Crippen molar-refractivity contribution in [3.05, 3.63) is 53.9 Å². The van der Waals surface area contributed by atoms with E-state index < -0.39 is 18.3 Å². The highest BCUT2D eigenvalue weighted by Gasteiger charge is 2.35. The minimum absolute atomic E-state index is 0.0295. The summed E-state index contributed by atoms with van der Waals surface area (Å²) in [6.45, 7) is 3.25. The average molecular weight is 467 g/mol. The van der Waals surface area contributed by atoms with E-state index in [-0.39, 0.29) is 23.6 Å². The number of nitrogens with one attached hydrogen (secondary N) is 1. The first-order valence-electron chi connectivity index (χ1n) is 10.9. The van der Waals surface area contributed by atoms with Crippen LogP contribution in [0.1, 0.15) is 36.9 Å². The third kappa shape index (κ3) is 3.78. The molecule has 0 fully saturated rings. The Morgan fingerprint density at radius 1 is 1.09 bits per heavy atom. The quantitative estimate of drug-likeness (QED) is 0.349. The summed E-state index contributed by atoms with van der Waals surface area (Å²) in [5.74, 6) is -2.56. The van der Waals surface area contributed by atoms with Crippen molar-refractivity contribution in [1.29, 1.82) is 0 Å². The molecular weight excluding hydrogens is 443 g/mol. The SMILES string of the molecule is Cc1c(N)cncc1-c1cc2cc(Nc3cc4n(n3)CC(F)(F)CCC4C)ncc2c(N)c1F. The number of nitrogens with zero attached hydrogens (tertiary/aromatic N) is 4. The Morgan fingerprint density at radius 2 is 1.88 bits per heavy atom. The number of benzene rings is 1. The summed E-state index contributed by atoms with van der Waals surface area (Å²) in [5, 5.41) is 8.51. The van der Waals surface area contributed by atoms with E-state index in [0.717, 1.165) is 5.69 Å². The van der Waals surface area contributed by atoms with Crippen LogP contribution in [0, 0.1) is 12.7 Å². The van der Waals surface area contributed by atoms with Crippen LogP contribution in [-0.4, -0.2) is 25.7 Å². The Balaban J connectivity index is 1.53. The van der Waals surface area contributed by atoms with E-state index >= 15 is 4.39 Å². The third-order valence-corrected chi connectivity index (χ3v) is 6.44. The number of nitrogens with two attached hydrogens (primary N) is 2. The summed E-state index contributed by atoms with van der Waals surface area (Å²) in [5.41, 5.74) is 14.7. The van der Waals surface area contributed by atoms with E-state index in [1.807, 2.05) is 6.92 Å². The largest absolute Gasteiger partial charge is 0.397 e. The van der Waals surface area contributed by atoms with Crippen LogP contribution in [0.25, 0.3) is 21.9 Å². The molecule has 176 valence electrons. The summed E-state index contributed by atoms with van der Waals surface area (Å²) < 4.78 is 44.7. The van der Waals surface area contributed by atoms with E-state index in [1.54, 1.807) is 31.3 Å². The molecular formula is C24H24F3N7. The lowest BCUT2D eigenvalue weighted by Gasteiger charge is -2.14. The first-order valence-corrected chi connectivity index (χ1v) is 10.9. The van der Waals surface area contributed by atoms with Crippen LogP contribution in [0.5, 0.6) is 0 Å². The van der Waals surface area contributed by atoms with Crippen LogP contribution in [0.15, 0.2) is 36.8 Å². The van der Waals surface area contributed by atoms with Crippen LogP contribution in [0.4, 0.5) is 36.2 Å². The molecule has 0 aliphatic carbocycles. The van der Waals surface area contributed by atoms with E-state index in [0.29, 0.717) is 45.6 Å². The molecule has 1 unspecified atom stereocenters. The minimum atomic E-state index is -2.80. The van der Waals surface area contributed by atoms with Crippen LogP contribution in [-0.2, 0) is 6.54 Å². The number of alkyl halides is 2. The molecule has 0 saturated carbocycles. The molecule has 10 heteroatoms. The molecule has 1 atom stereocenters. The molecule has 4 heterocycles. The van der Waals surface area contributed by atoms with Gasteiger partial charge in [-0.05, 0) is 42.3 Å². The lowest BCUT2D eigenvalue weighted by molar-refractivity contribution is -0.0253. The first-order chi connectivity index (χ1) is 16.1. The minimum Gasteiger partial charge on any atom is -0.397 e. The second-order valence-corrected chi connectivity index (χ2v) is 8.88. The number of rotatable bonds is 3. The second-order valence-electron chi connectivity index (χ2n) is 8.88. The van der Waals surface area contributed by atoms with Crippen LogP contribution in [0.3, 0.4) is 0 Å². The van der Waals surface area contributed by atoms with Gasteiger partial charge in [-0.1, -0.05) is 6.92 Å². The second kappa shape index (κ2) is 7.89. The summed E-state index contributed by atoms with van der Waals surface area (Å²) in [6, 6.07) is 5.15. The van der Waals surface area contributed by atoms with Crippen molar-refractivity contribution >= 4 is 33.8 Å². The normalized spacial score (nSPS) is 17.4. The van der Waals surface area contributed by atoms with Crippen molar-refractivity contribution < 1.29 is 13.2 Å². The fraction of sp³-hybridized carbons (Fsp3) is 0.292. The van der Waals surface area contributed by atoms with Crippen LogP contribution >= 0.6 is 0 Å². The van der Waals surface area contributed by atoms with Gasteiger partial charge in [-0.25, -0.2) is 18.2 Å². The lowest BCUT2D eigenvalue weighted by Crippen LogP contribution is -2.23. The summed E-state index contributed by atoms with van der Waals surface area (Å²) >= 11 is 0. The molecule has 34 heavy (non-hydrogen) atoms. The number of fused-ring (bicyclic) bond motifs is 2. The Labute approximate surface area is 194 Å². The maximum absolute atomic E-state index is 15.1. The molecule has 7 nitrogen and oxygen atoms in total. The third-order valence-electron chi connectivity index (χ3n) is 6.44. The van der Waals surface area contributed by atoms with Gasteiger partial charge in [0, 0.05) is 47.1 Å². The van der Waals surface area contributed by atoms with Crippen molar-refractivity contribution in [1.82, 2.24) is 19.7 Å². The molecule has 0 bridgehead atoms. The summed E-state index contributed by atoms with van der Waals surface area (Å²) in [4.78, 5) is 8.40. The van der Waals surface area contributed by atoms with Gasteiger partial charge in [0.1, 0.15) is 12.4 Å². The number of hydrogen-bond donors (Lipinski definition) is 3. The van der Waals surface area contributed by atoms with Crippen molar-refractivity contribution in [2.75, 3.05) is 16.8 Å². The molecule has 0 amide bonds. The van der Waals surface area contributed by atoms with Crippen LogP contribution < -0.4 is 16.8 Å². The number of anilines is 4. The van der Waals surface area contributed by atoms with Crippen molar-refractivity contribution in [2.45, 2.75) is 45.1 Å². The van der Waals surface area contributed by atoms with Gasteiger partial charge in [-0.3, -0.25) is 9.67 Å². The standard InChI is InChI=1S/C24H24F3N7/c1-12-3-4-24(26,27)11-34-19(12)7-21(33-34)32-20-6-14-5-15(16-8-30-10-18(28)13(16)2)22(25)23(29)17(14)9-31-20/h5-10,12H,3-4,11,28-29H2,1-2H3,(H,31,32,33). The van der Waals surface area contributed by atoms with Crippen LogP contribution in [0.2, 0.25) is 0 Å². The topological polar surface area (TPSA) is 108 Å². The maximum Gasteiger partial charge on any atom is 0.267 e. The molecule has 1 aliphatic heterocycles. The van der Waals surface area contributed by atoms with Gasteiger partial charge in [0.15, 0.2) is 11.6 Å². The van der Waals surface area contributed by atoms with Crippen molar-refractivity contribution in [2.24, 2.45) is 0 Å². The van der Waals surface area contributed by atoms with Gasteiger partial charge in [-0.15, -0.1) is 0 Å². The average Bonchev–Trinajstić information content (AvgIpc) is 3.13. The molecule has 0 saturated heterocycles. The van der Waals surface area contributed by atoms with Gasteiger partial charge < -0.3 is 16.8 Å². The van der Waals surface area contributed by atoms with Gasteiger partial charge in [0.25, 0.3) is 5.92 Å². The number of hydrogen-bond acceptors (Lipinski definition) is 6. The summed E-state index contributed by atoms with van der Waals surface area (Å²) in [6.07, 6.45) is 4.76. The van der Waals surface area contributed by atoms with E-state index in [4.69, 9.17) is 11.5 Å². The molecule has 3 aromatic heterocycles. The van der Waals surface area contributed by atoms with Crippen molar-refractivity contribution in [3.63, 3.8) is 0 Å². The molecule has 5 N–H and O–H groups in total. The zero-order chi connectivity index (χ0) is 24.2. The predicted molar refractivity (Wildman–Crippen MR) is 127 cm³/mol. The van der Waals surface area contributed by atoms with E-state index in [9.17, 15) is 8.78 Å². The fourth-order valence-electron chi connectivity index (χ4n) is 4.40. The molecule has 1 aliphatic rings. The molecule has 1 aromatic carbocycles. The number of pyridine rings is 2. The zero-order valence-corrected chi connectivity index (χ0v) is 18.7. The maximum atomic E-state index is 15.1. The molecule has 0 radical (unpaired) electrons. The Hall–Kier alpha value is -3.82. The van der Waals surface area contributed by atoms with Gasteiger partial charge in [0.2, 0.25) is 0 Å². The van der Waals surface area contributed by atoms with E-state index in [2.05, 4.69) is 20.4 Å². The highest BCUT2D eigenvalue weighted by Crippen LogP contribution is 2.37.